The Labute approximate surface area is 242 Å². The van der Waals surface area contributed by atoms with E-state index in [1.54, 1.807) is 24.3 Å². The van der Waals surface area contributed by atoms with Crippen LogP contribution < -0.4 is 27.8 Å². The van der Waals surface area contributed by atoms with Crippen molar-refractivity contribution in [3.8, 4) is 0 Å². The normalized spacial score (nSPS) is 14.0. The Bertz CT molecular complexity index is 920. The number of nitrogens with zero attached hydrogens (tertiary/aromatic N) is 2. The molecule has 14 nitrogen and oxygen atoms in total. The molecule has 0 radical (unpaired) electrons. The van der Waals surface area contributed by atoms with Gasteiger partial charge in [-0.3, -0.25) is 0 Å². The molecule has 0 aliphatic heterocycles. The summed E-state index contributed by atoms with van der Waals surface area (Å²) in [6.07, 6.45) is -0.827. The molecule has 1 aromatic carbocycles. The molecule has 0 aliphatic rings. The van der Waals surface area contributed by atoms with Crippen molar-refractivity contribution in [3.63, 3.8) is 0 Å². The fourth-order valence-corrected chi connectivity index (χ4v) is 3.96. The number of amides is 4. The maximum atomic E-state index is 12.4. The average Bonchev–Trinajstić information content (AvgIpc) is 2.93. The summed E-state index contributed by atoms with van der Waals surface area (Å²) in [5.74, 6) is 0.402. The van der Waals surface area contributed by atoms with E-state index in [0.717, 1.165) is 22.6 Å². The lowest BCUT2D eigenvalue weighted by molar-refractivity contribution is 0.0669. The number of benzene rings is 1. The first-order valence-corrected chi connectivity index (χ1v) is 13.8. The average molecular weight is 584 g/mol. The topological polar surface area (TPSA) is 219 Å². The highest BCUT2D eigenvalue weighted by Crippen LogP contribution is 2.18. The van der Waals surface area contributed by atoms with Gasteiger partial charge in [-0.2, -0.15) is 0 Å². The molecule has 0 saturated heterocycles. The van der Waals surface area contributed by atoms with Crippen LogP contribution in [0.1, 0.15) is 39.2 Å². The number of carbonyl (C=O) groups excluding carboxylic acids is 2. The van der Waals surface area contributed by atoms with Gasteiger partial charge in [0.05, 0.1) is 19.8 Å². The van der Waals surface area contributed by atoms with E-state index in [2.05, 4.69) is 10.6 Å². The van der Waals surface area contributed by atoms with Gasteiger partial charge in [-0.1, -0.05) is 32.9 Å². The van der Waals surface area contributed by atoms with Crippen LogP contribution >= 0.6 is 0 Å². The van der Waals surface area contributed by atoms with E-state index in [1.165, 1.54) is 11.9 Å². The van der Waals surface area contributed by atoms with Crippen molar-refractivity contribution in [2.75, 3.05) is 51.8 Å². The van der Waals surface area contributed by atoms with Gasteiger partial charge in [-0.05, 0) is 42.4 Å². The number of anilines is 1. The molecular weight excluding hydrogens is 534 g/mol. The summed E-state index contributed by atoms with van der Waals surface area (Å²) in [5.41, 5.74) is 19.4. The lowest BCUT2D eigenvalue weighted by Crippen LogP contribution is -2.49. The molecule has 4 amide bonds. The van der Waals surface area contributed by atoms with Gasteiger partial charge in [0.25, 0.3) is 0 Å². The highest BCUT2D eigenvalue weighted by molar-refractivity contribution is 5.72. The molecule has 41 heavy (non-hydrogen) atoms. The van der Waals surface area contributed by atoms with Gasteiger partial charge in [-0.25, -0.2) is 14.4 Å². The van der Waals surface area contributed by atoms with E-state index < -0.39 is 24.4 Å². The predicted molar refractivity (Wildman–Crippen MR) is 156 cm³/mol. The molecular formula is C27H49N7O7. The van der Waals surface area contributed by atoms with Crippen LogP contribution in [-0.2, 0) is 16.1 Å². The zero-order valence-corrected chi connectivity index (χ0v) is 24.6. The third-order valence-corrected chi connectivity index (χ3v) is 6.78. The number of likely N-dealkylation sites (N-methyl/N-ethyl adjacent to an activating group) is 1. The molecule has 1 aromatic rings. The van der Waals surface area contributed by atoms with Crippen molar-refractivity contribution >= 4 is 23.9 Å². The Morgan fingerprint density at radius 1 is 0.976 bits per heavy atom. The van der Waals surface area contributed by atoms with Gasteiger partial charge in [0.2, 0.25) is 0 Å². The smallest absolute Gasteiger partial charge is 0.409 e. The Hall–Kier alpha value is -3.33. The Morgan fingerprint density at radius 3 is 2.20 bits per heavy atom. The van der Waals surface area contributed by atoms with E-state index in [1.807, 2.05) is 20.8 Å². The van der Waals surface area contributed by atoms with Crippen LogP contribution in [0.5, 0.6) is 0 Å². The predicted octanol–water partition coefficient (Wildman–Crippen LogP) is 1.38. The second-order valence-electron chi connectivity index (χ2n) is 10.4. The Morgan fingerprint density at radius 2 is 1.63 bits per heavy atom. The molecule has 234 valence electrons. The highest BCUT2D eigenvalue weighted by Gasteiger charge is 2.24. The number of hydrogen-bond acceptors (Lipinski definition) is 9. The number of aliphatic hydroxyl groups is 1. The maximum absolute atomic E-state index is 12.4. The second-order valence-corrected chi connectivity index (χ2v) is 10.4. The Kier molecular flexibility index (Phi) is 16.5. The second kappa shape index (κ2) is 18.9. The number of rotatable bonds is 19. The van der Waals surface area contributed by atoms with Crippen molar-refractivity contribution < 1.29 is 34.1 Å². The molecule has 10 N–H and O–H groups in total. The number of ether oxygens (including phenoxy) is 2. The van der Waals surface area contributed by atoms with Crippen LogP contribution in [0.3, 0.4) is 0 Å². The molecule has 0 aliphatic carbocycles. The molecule has 0 aromatic heterocycles. The zero-order chi connectivity index (χ0) is 30.9. The molecule has 0 bridgehead atoms. The number of hydrogen-bond donors (Lipinski definition) is 7. The van der Waals surface area contributed by atoms with E-state index in [-0.39, 0.29) is 70.0 Å². The van der Waals surface area contributed by atoms with Crippen LogP contribution in [0.4, 0.5) is 20.1 Å². The maximum Gasteiger partial charge on any atom is 0.409 e. The van der Waals surface area contributed by atoms with Crippen molar-refractivity contribution in [3.05, 3.63) is 29.8 Å². The third kappa shape index (κ3) is 14.2. The first kappa shape index (κ1) is 35.7. The summed E-state index contributed by atoms with van der Waals surface area (Å²) in [4.78, 5) is 37.7. The van der Waals surface area contributed by atoms with Gasteiger partial charge in [-0.15, -0.1) is 0 Å². The van der Waals surface area contributed by atoms with E-state index in [4.69, 9.17) is 31.8 Å². The number of primary amides is 1. The highest BCUT2D eigenvalue weighted by atomic mass is 16.6. The largest absolute Gasteiger partial charge is 0.465 e. The SMILES string of the molecule is CC(C)C(N)C(N)C(C)CCC(NC(N)=O)Nc1ccc(COC(=O)N(C)CCN(CCOCCO)C(=O)O)cc1. The number of carboxylic acid groups (broad SMARTS) is 1. The van der Waals surface area contributed by atoms with Crippen molar-refractivity contribution in [1.29, 1.82) is 0 Å². The van der Waals surface area contributed by atoms with E-state index in [9.17, 15) is 19.5 Å². The summed E-state index contributed by atoms with van der Waals surface area (Å²) in [7, 11) is 1.52. The molecule has 0 fully saturated rings. The van der Waals surface area contributed by atoms with Crippen LogP contribution in [0.2, 0.25) is 0 Å². The minimum absolute atomic E-state index is 0.0234. The molecule has 14 heteroatoms. The van der Waals surface area contributed by atoms with Crippen LogP contribution in [0.25, 0.3) is 0 Å². The molecule has 0 saturated carbocycles. The number of nitrogens with two attached hydrogens (primary N) is 3. The molecule has 1 rings (SSSR count). The Balaban J connectivity index is 2.57. The lowest BCUT2D eigenvalue weighted by atomic mass is 9.86. The first-order valence-electron chi connectivity index (χ1n) is 13.8. The van der Waals surface area contributed by atoms with Crippen molar-refractivity contribution in [2.24, 2.45) is 29.0 Å². The summed E-state index contributed by atoms with van der Waals surface area (Å²) in [5, 5.41) is 24.0. The summed E-state index contributed by atoms with van der Waals surface area (Å²) >= 11 is 0. The fraction of sp³-hybridized carbons (Fsp3) is 0.667. The molecule has 0 spiro atoms. The van der Waals surface area contributed by atoms with E-state index >= 15 is 0 Å². The molecule has 4 unspecified atom stereocenters. The van der Waals surface area contributed by atoms with Gasteiger partial charge >= 0.3 is 18.2 Å². The minimum Gasteiger partial charge on any atom is -0.465 e. The number of nitrogens with one attached hydrogen (secondary N) is 2. The van der Waals surface area contributed by atoms with Crippen LogP contribution in [0.15, 0.2) is 24.3 Å². The van der Waals surface area contributed by atoms with Gasteiger partial charge in [0, 0.05) is 44.5 Å². The third-order valence-electron chi connectivity index (χ3n) is 6.78. The number of urea groups is 1. The van der Waals surface area contributed by atoms with Crippen molar-refractivity contribution in [2.45, 2.75) is 58.5 Å². The van der Waals surface area contributed by atoms with Crippen LogP contribution in [0, 0.1) is 11.8 Å². The van der Waals surface area contributed by atoms with Gasteiger partial charge in [0.15, 0.2) is 0 Å². The summed E-state index contributed by atoms with van der Waals surface area (Å²) in [6.45, 7) is 6.61. The van der Waals surface area contributed by atoms with Crippen LogP contribution in [-0.4, -0.2) is 103 Å². The van der Waals surface area contributed by atoms with E-state index in [0.29, 0.717) is 6.42 Å². The monoisotopic (exact) mass is 583 g/mol. The summed E-state index contributed by atoms with van der Waals surface area (Å²) < 4.78 is 10.4. The first-order chi connectivity index (χ1) is 19.3. The zero-order valence-electron chi connectivity index (χ0n) is 24.6. The van der Waals surface area contributed by atoms with Gasteiger partial charge in [0.1, 0.15) is 12.8 Å². The summed E-state index contributed by atoms with van der Waals surface area (Å²) in [6, 6.07) is 6.24. The van der Waals surface area contributed by atoms with Gasteiger partial charge < -0.3 is 57.3 Å². The molecule has 0 heterocycles. The lowest BCUT2D eigenvalue weighted by Gasteiger charge is -2.30. The number of aliphatic hydroxyl groups excluding tert-OH is 1. The minimum atomic E-state index is -1.13. The fourth-order valence-electron chi connectivity index (χ4n) is 3.96. The quantitative estimate of drug-likeness (QED) is 0.0916. The number of carbonyl (C=O) groups is 3. The van der Waals surface area contributed by atoms with Crippen molar-refractivity contribution in [1.82, 2.24) is 15.1 Å². The molecule has 4 atom stereocenters. The standard InChI is InChI=1S/C27H49N7O7/c1-18(2)23(28)24(29)19(3)5-10-22(32-25(30)36)31-21-8-6-20(7-9-21)17-41-27(39)33(4)11-12-34(26(37)38)13-15-40-16-14-35/h6-9,18-19,22-24,31,35H,5,10-17,28-29H2,1-4H3,(H,37,38)(H3,30,32,36).